The number of carbonyl (C=O) groups is 1. The molecule has 2 aliphatic rings. The molecule has 1 unspecified atom stereocenters. The molecular formula is C30H27Cl5F2N4O4. The zero-order valence-electron chi connectivity index (χ0n) is 23.9. The van der Waals surface area contributed by atoms with E-state index in [1.807, 2.05) is 0 Å². The highest BCUT2D eigenvalue weighted by Crippen LogP contribution is 2.36. The Balaban J connectivity index is 0.000000182. The third-order valence-corrected chi connectivity index (χ3v) is 9.76. The molecule has 0 aliphatic carbocycles. The first-order valence-electron chi connectivity index (χ1n) is 14.1. The molecule has 0 saturated carbocycles. The molecule has 4 heterocycles. The monoisotopic (exact) mass is 720 g/mol. The van der Waals surface area contributed by atoms with E-state index in [2.05, 4.69) is 0 Å². The fraction of sp³-hybridized carbons (Fsp3) is 0.367. The number of phenolic OH excluding ortho intramolecular Hbond substituents is 1. The average Bonchev–Trinajstić information content (AvgIpc) is 3.41. The lowest BCUT2D eigenvalue weighted by Crippen LogP contribution is -2.27. The Morgan fingerprint density at radius 3 is 1.62 bits per heavy atom. The highest BCUT2D eigenvalue weighted by molar-refractivity contribution is 6.34. The van der Waals surface area contributed by atoms with Crippen molar-refractivity contribution in [3.63, 3.8) is 0 Å². The normalized spacial score (nSPS) is 14.8. The summed E-state index contributed by atoms with van der Waals surface area (Å²) < 4.78 is 34.9. The van der Waals surface area contributed by atoms with E-state index in [4.69, 9.17) is 58.0 Å². The molecule has 2 aliphatic heterocycles. The number of benzene rings is 2. The van der Waals surface area contributed by atoms with Crippen LogP contribution in [0.3, 0.4) is 0 Å². The minimum absolute atomic E-state index is 0.0312. The Morgan fingerprint density at radius 1 is 0.756 bits per heavy atom. The van der Waals surface area contributed by atoms with Gasteiger partial charge in [0.25, 0.3) is 11.1 Å². The van der Waals surface area contributed by atoms with Crippen molar-refractivity contribution in [1.29, 1.82) is 0 Å². The Morgan fingerprint density at radius 2 is 1.18 bits per heavy atom. The number of rotatable bonds is 5. The summed E-state index contributed by atoms with van der Waals surface area (Å²) in [7, 11) is 0. The second-order valence-corrected chi connectivity index (χ2v) is 12.9. The number of fused-ring (bicyclic) bond motifs is 2. The van der Waals surface area contributed by atoms with Crippen molar-refractivity contribution in [2.75, 3.05) is 0 Å². The second kappa shape index (κ2) is 13.5. The number of hydrogen-bond donors (Lipinski definition) is 1. The number of Topliss-reactive ketones (excluding diaryl/α,β-unsaturated/α-hetero) is 1. The van der Waals surface area contributed by atoms with Crippen molar-refractivity contribution in [2.45, 2.75) is 70.6 Å². The maximum atomic E-state index is 14.5. The number of aromatic hydroxyl groups is 1. The number of alkyl halides is 1. The molecule has 1 N–H and O–H groups in total. The first-order chi connectivity index (χ1) is 21.3. The molecule has 4 aromatic rings. The molecule has 0 bridgehead atoms. The van der Waals surface area contributed by atoms with Crippen molar-refractivity contribution < 1.29 is 18.7 Å². The van der Waals surface area contributed by atoms with Gasteiger partial charge in [-0.15, -0.1) is 11.6 Å². The summed E-state index contributed by atoms with van der Waals surface area (Å²) in [6.45, 7) is 3.72. The molecule has 6 rings (SSSR count). The summed E-state index contributed by atoms with van der Waals surface area (Å²) >= 11 is 30.3. The number of carbonyl (C=O) groups excluding carboxylic acids is 1. The summed E-state index contributed by atoms with van der Waals surface area (Å²) in [4.78, 5) is 36.4. The maximum absolute atomic E-state index is 14.5. The van der Waals surface area contributed by atoms with Crippen molar-refractivity contribution in [2.24, 2.45) is 0 Å². The predicted molar refractivity (Wildman–Crippen MR) is 172 cm³/mol. The molecule has 45 heavy (non-hydrogen) atoms. The number of nitrogens with zero attached hydrogens (tertiary/aromatic N) is 4. The highest BCUT2D eigenvalue weighted by Gasteiger charge is 2.27. The van der Waals surface area contributed by atoms with Gasteiger partial charge in [-0.1, -0.05) is 46.4 Å². The van der Waals surface area contributed by atoms with Gasteiger partial charge >= 0.3 is 0 Å². The van der Waals surface area contributed by atoms with E-state index in [0.29, 0.717) is 31.7 Å². The molecule has 1 atom stereocenters. The average molecular weight is 723 g/mol. The highest BCUT2D eigenvalue weighted by atomic mass is 35.5. The van der Waals surface area contributed by atoms with Crippen LogP contribution in [0.5, 0.6) is 5.75 Å². The maximum Gasteiger partial charge on any atom is 0.276 e. The van der Waals surface area contributed by atoms with Gasteiger partial charge in [0.1, 0.15) is 33.5 Å². The van der Waals surface area contributed by atoms with Crippen molar-refractivity contribution >= 4 is 63.8 Å². The molecule has 0 radical (unpaired) electrons. The van der Waals surface area contributed by atoms with E-state index in [0.717, 1.165) is 43.9 Å². The number of ketones is 1. The third kappa shape index (κ3) is 6.45. The molecule has 0 amide bonds. The van der Waals surface area contributed by atoms with Crippen LogP contribution >= 0.6 is 58.0 Å². The van der Waals surface area contributed by atoms with Crippen LogP contribution in [0.4, 0.5) is 8.78 Å². The summed E-state index contributed by atoms with van der Waals surface area (Å²) in [5.74, 6) is -1.81. The minimum Gasteiger partial charge on any atom is -0.506 e. The van der Waals surface area contributed by atoms with Gasteiger partial charge in [0.15, 0.2) is 0 Å². The standard InChI is InChI=1S/C17H16Cl3FN2O2.C13H11Cl2FN2O2/c1-9(24)12(18)7-10-6-11(14(21)8-13(10)19)15-16(20)22-4-2-3-5-23(22)17(15)25;14-8-6-9(16)7(5-10(8)19)11-12(15)17-3-1-2-4-18(17)13(11)20/h6,8,12H,2-5,7H2,1H3;5-6,19H,1-4H2. The van der Waals surface area contributed by atoms with Crippen LogP contribution in [0.25, 0.3) is 22.3 Å². The van der Waals surface area contributed by atoms with Gasteiger partial charge in [-0.25, -0.2) is 18.1 Å². The van der Waals surface area contributed by atoms with Crippen molar-refractivity contribution in [3.05, 3.63) is 82.5 Å². The van der Waals surface area contributed by atoms with Crippen LogP contribution in [0, 0.1) is 11.6 Å². The summed E-state index contributed by atoms with van der Waals surface area (Å²) in [5.41, 5.74) is 0.0533. The van der Waals surface area contributed by atoms with Crippen LogP contribution < -0.4 is 11.1 Å². The molecular weight excluding hydrogens is 696 g/mol. The smallest absolute Gasteiger partial charge is 0.276 e. The quantitative estimate of drug-likeness (QED) is 0.216. The summed E-state index contributed by atoms with van der Waals surface area (Å²) in [6, 6.07) is 4.70. The Bertz CT molecular complexity index is 1930. The largest absolute Gasteiger partial charge is 0.506 e. The van der Waals surface area contributed by atoms with Crippen LogP contribution in [-0.2, 0) is 37.4 Å². The van der Waals surface area contributed by atoms with Gasteiger partial charge in [-0.05, 0) is 68.9 Å². The predicted octanol–water partition coefficient (Wildman–Crippen LogP) is 7.56. The number of phenols is 1. The van der Waals surface area contributed by atoms with Gasteiger partial charge in [-0.2, -0.15) is 0 Å². The fourth-order valence-corrected chi connectivity index (χ4v) is 6.77. The van der Waals surface area contributed by atoms with Gasteiger partial charge in [0.2, 0.25) is 0 Å². The molecule has 0 fully saturated rings. The lowest BCUT2D eigenvalue weighted by molar-refractivity contribution is -0.116. The number of halogens is 7. The second-order valence-electron chi connectivity index (χ2n) is 10.8. The molecule has 240 valence electrons. The summed E-state index contributed by atoms with van der Waals surface area (Å²) in [6.07, 6.45) is 3.74. The zero-order chi connectivity index (χ0) is 32.7. The van der Waals surface area contributed by atoms with E-state index >= 15 is 0 Å². The van der Waals surface area contributed by atoms with Gasteiger partial charge in [0, 0.05) is 42.3 Å². The molecule has 2 aromatic carbocycles. The zero-order valence-corrected chi connectivity index (χ0v) is 27.6. The minimum atomic E-state index is -0.769. The summed E-state index contributed by atoms with van der Waals surface area (Å²) in [5, 5.41) is 9.30. The number of aromatic nitrogens is 4. The van der Waals surface area contributed by atoms with Crippen molar-refractivity contribution in [3.8, 4) is 28.0 Å². The first kappa shape index (κ1) is 33.6. The third-order valence-electron chi connectivity index (χ3n) is 7.88. The van der Waals surface area contributed by atoms with Gasteiger partial charge in [0.05, 0.1) is 21.5 Å². The fourth-order valence-electron chi connectivity index (χ4n) is 5.51. The van der Waals surface area contributed by atoms with Crippen LogP contribution in [-0.4, -0.2) is 35.0 Å². The topological polar surface area (TPSA) is 91.2 Å². The van der Waals surface area contributed by atoms with Crippen LogP contribution in [0.2, 0.25) is 20.4 Å². The van der Waals surface area contributed by atoms with E-state index in [1.165, 1.54) is 22.4 Å². The van der Waals surface area contributed by atoms with Gasteiger partial charge in [-0.3, -0.25) is 23.7 Å². The lowest BCUT2D eigenvalue weighted by atomic mass is 10.0. The van der Waals surface area contributed by atoms with Crippen LogP contribution in [0.15, 0.2) is 33.9 Å². The molecule has 0 saturated heterocycles. The van der Waals surface area contributed by atoms with Crippen molar-refractivity contribution in [1.82, 2.24) is 18.7 Å². The SMILES string of the molecule is CC(=O)C(Cl)Cc1cc(-c2c(Cl)n3n(c2=O)CCCC3)c(F)cc1Cl.O=c1c(-c2cc(O)c(Cl)cc2F)c(Cl)n2n1CCCC2. The molecule has 0 spiro atoms. The van der Waals surface area contributed by atoms with E-state index in [-0.39, 0.29) is 71.7 Å². The Kier molecular flexibility index (Phi) is 10.1. The van der Waals surface area contributed by atoms with E-state index < -0.39 is 17.0 Å². The number of hydrogen-bond acceptors (Lipinski definition) is 4. The lowest BCUT2D eigenvalue weighted by Gasteiger charge is -2.17. The first-order valence-corrected chi connectivity index (χ1v) is 16.1. The molecule has 2 aromatic heterocycles. The molecule has 8 nitrogen and oxygen atoms in total. The molecule has 15 heteroatoms. The Hall–Kier alpha value is -2.76. The van der Waals surface area contributed by atoms with E-state index in [1.54, 1.807) is 9.36 Å². The van der Waals surface area contributed by atoms with E-state index in [9.17, 15) is 28.3 Å². The van der Waals surface area contributed by atoms with Gasteiger partial charge < -0.3 is 5.11 Å². The van der Waals surface area contributed by atoms with Crippen LogP contribution in [0.1, 0.15) is 38.2 Å². The Labute approximate surface area is 281 Å².